The molecule has 0 aliphatic carbocycles. The van der Waals surface area contributed by atoms with Crippen molar-refractivity contribution < 1.29 is 21.6 Å². The Hall–Kier alpha value is -2.43. The van der Waals surface area contributed by atoms with Crippen molar-refractivity contribution in [1.82, 2.24) is 19.9 Å². The van der Waals surface area contributed by atoms with Crippen LogP contribution in [0.5, 0.6) is 0 Å². The second-order valence-electron chi connectivity index (χ2n) is 5.86. The predicted octanol–water partition coefficient (Wildman–Crippen LogP) is 3.74. The second-order valence-corrected chi connectivity index (χ2v) is 7.98. The molecule has 0 saturated heterocycles. The molecular formula is C17H14ClF3N4O2S. The number of nitrogens with zero attached hydrogens (tertiary/aromatic N) is 2. The predicted molar refractivity (Wildman–Crippen MR) is 96.0 cm³/mol. The Bertz CT molecular complexity index is 1040. The van der Waals surface area contributed by atoms with Gasteiger partial charge in [0.2, 0.25) is 10.0 Å². The van der Waals surface area contributed by atoms with Crippen LogP contribution in [0, 0.1) is 0 Å². The van der Waals surface area contributed by atoms with E-state index in [4.69, 9.17) is 11.6 Å². The highest BCUT2D eigenvalue weighted by atomic mass is 35.5. The van der Waals surface area contributed by atoms with Crippen LogP contribution in [0.2, 0.25) is 5.02 Å². The molecule has 1 unspecified atom stereocenters. The molecule has 0 fully saturated rings. The summed E-state index contributed by atoms with van der Waals surface area (Å²) in [6.45, 7) is 0. The van der Waals surface area contributed by atoms with Crippen molar-refractivity contribution in [1.29, 1.82) is 0 Å². The van der Waals surface area contributed by atoms with Crippen molar-refractivity contribution in [2.24, 2.45) is 0 Å². The second kappa shape index (κ2) is 7.90. The lowest BCUT2D eigenvalue weighted by Crippen LogP contribution is -2.32. The van der Waals surface area contributed by atoms with Crippen molar-refractivity contribution in [2.45, 2.75) is 23.5 Å². The van der Waals surface area contributed by atoms with Crippen LogP contribution in [0.4, 0.5) is 13.2 Å². The first-order valence-corrected chi connectivity index (χ1v) is 9.81. The van der Waals surface area contributed by atoms with E-state index in [1.165, 1.54) is 6.33 Å². The van der Waals surface area contributed by atoms with Gasteiger partial charge in [0.15, 0.2) is 0 Å². The fourth-order valence-corrected chi connectivity index (χ4v) is 4.25. The number of rotatable bonds is 6. The van der Waals surface area contributed by atoms with E-state index < -0.39 is 32.7 Å². The van der Waals surface area contributed by atoms with Crippen LogP contribution in [0.25, 0.3) is 0 Å². The van der Waals surface area contributed by atoms with E-state index in [1.807, 2.05) is 0 Å². The number of hydrogen-bond acceptors (Lipinski definition) is 4. The maximum Gasteiger partial charge on any atom is 0.417 e. The van der Waals surface area contributed by atoms with Gasteiger partial charge >= 0.3 is 6.18 Å². The molecule has 6 nitrogen and oxygen atoms in total. The third-order valence-electron chi connectivity index (χ3n) is 3.90. The summed E-state index contributed by atoms with van der Waals surface area (Å²) in [6.07, 6.45) is -3.56. The summed E-state index contributed by atoms with van der Waals surface area (Å²) in [6, 6.07) is 10.1. The van der Waals surface area contributed by atoms with Crippen LogP contribution < -0.4 is 4.72 Å². The molecule has 0 spiro atoms. The monoisotopic (exact) mass is 430 g/mol. The lowest BCUT2D eigenvalue weighted by molar-refractivity contribution is -0.139. The highest BCUT2D eigenvalue weighted by Crippen LogP contribution is 2.36. The Balaban J connectivity index is 2.01. The van der Waals surface area contributed by atoms with Crippen LogP contribution in [0.1, 0.15) is 23.0 Å². The van der Waals surface area contributed by atoms with E-state index in [0.717, 1.165) is 12.1 Å². The van der Waals surface area contributed by atoms with Gasteiger partial charge in [-0.25, -0.2) is 18.1 Å². The summed E-state index contributed by atoms with van der Waals surface area (Å²) >= 11 is 5.63. The molecule has 0 saturated carbocycles. The van der Waals surface area contributed by atoms with Crippen molar-refractivity contribution >= 4 is 21.6 Å². The SMILES string of the molecule is O=S(=O)(NC(Cc1ncn[nH]1)c1ccccc1)c1ccc(Cl)cc1C(F)(F)F. The van der Waals surface area contributed by atoms with Crippen molar-refractivity contribution in [2.75, 3.05) is 0 Å². The average molecular weight is 431 g/mol. The molecule has 0 bridgehead atoms. The van der Waals surface area contributed by atoms with E-state index in [2.05, 4.69) is 19.9 Å². The minimum Gasteiger partial charge on any atom is -0.263 e. The molecule has 11 heteroatoms. The number of aromatic amines is 1. The van der Waals surface area contributed by atoms with E-state index in [-0.39, 0.29) is 11.4 Å². The first-order chi connectivity index (χ1) is 13.2. The molecule has 1 atom stereocenters. The fraction of sp³-hybridized carbons (Fsp3) is 0.176. The summed E-state index contributed by atoms with van der Waals surface area (Å²) in [7, 11) is -4.53. The maximum atomic E-state index is 13.4. The van der Waals surface area contributed by atoms with Gasteiger partial charge in [-0.2, -0.15) is 18.3 Å². The molecular weight excluding hydrogens is 417 g/mol. The zero-order valence-electron chi connectivity index (χ0n) is 14.1. The maximum absolute atomic E-state index is 13.4. The summed E-state index contributed by atoms with van der Waals surface area (Å²) < 4.78 is 68.0. The standard InChI is InChI=1S/C17H14ClF3N4O2S/c18-12-6-7-15(13(8-12)17(19,20)21)28(26,27)25-14(9-16-22-10-23-24-16)11-4-2-1-3-5-11/h1-8,10,14,25H,9H2,(H,22,23,24). The average Bonchev–Trinajstić information content (AvgIpc) is 3.14. The molecule has 0 radical (unpaired) electrons. The number of nitrogens with one attached hydrogen (secondary N) is 2. The van der Waals surface area contributed by atoms with Gasteiger partial charge in [0.25, 0.3) is 0 Å². The summed E-state index contributed by atoms with van der Waals surface area (Å²) in [4.78, 5) is 3.05. The number of hydrogen-bond donors (Lipinski definition) is 2. The van der Waals surface area contributed by atoms with Crippen molar-refractivity contribution in [3.8, 4) is 0 Å². The molecule has 1 heterocycles. The highest BCUT2D eigenvalue weighted by Gasteiger charge is 2.38. The smallest absolute Gasteiger partial charge is 0.263 e. The molecule has 2 N–H and O–H groups in total. The molecule has 0 aliphatic rings. The molecule has 148 valence electrons. The molecule has 28 heavy (non-hydrogen) atoms. The van der Waals surface area contributed by atoms with Crippen LogP contribution >= 0.6 is 11.6 Å². The number of aromatic nitrogens is 3. The minimum atomic E-state index is -4.89. The van der Waals surface area contributed by atoms with Gasteiger partial charge in [-0.05, 0) is 23.8 Å². The summed E-state index contributed by atoms with van der Waals surface area (Å²) in [5.41, 5.74) is -0.774. The van der Waals surface area contributed by atoms with Gasteiger partial charge in [-0.3, -0.25) is 5.10 Å². The van der Waals surface area contributed by atoms with E-state index in [9.17, 15) is 21.6 Å². The third-order valence-corrected chi connectivity index (χ3v) is 5.66. The quantitative estimate of drug-likeness (QED) is 0.623. The molecule has 0 aliphatic heterocycles. The molecule has 2 aromatic carbocycles. The lowest BCUT2D eigenvalue weighted by Gasteiger charge is -2.20. The summed E-state index contributed by atoms with van der Waals surface area (Å²) in [5.74, 6) is 0.378. The normalized spacial score (nSPS) is 13.4. The van der Waals surface area contributed by atoms with E-state index in [0.29, 0.717) is 17.5 Å². The number of alkyl halides is 3. The first-order valence-electron chi connectivity index (χ1n) is 7.95. The first kappa shape index (κ1) is 20.3. The number of sulfonamides is 1. The Morgan fingerprint density at radius 1 is 1.14 bits per heavy atom. The largest absolute Gasteiger partial charge is 0.417 e. The van der Waals surface area contributed by atoms with Crippen molar-refractivity contribution in [3.05, 3.63) is 76.8 Å². The molecule has 1 aromatic heterocycles. The van der Waals surface area contributed by atoms with Gasteiger partial charge in [-0.1, -0.05) is 41.9 Å². The van der Waals surface area contributed by atoms with Crippen LogP contribution in [0.3, 0.4) is 0 Å². The van der Waals surface area contributed by atoms with Gasteiger partial charge in [0, 0.05) is 11.4 Å². The van der Waals surface area contributed by atoms with Gasteiger partial charge in [-0.15, -0.1) is 0 Å². The Morgan fingerprint density at radius 2 is 1.86 bits per heavy atom. The number of halogens is 4. The zero-order valence-corrected chi connectivity index (χ0v) is 15.7. The van der Waals surface area contributed by atoms with Crippen LogP contribution in [-0.4, -0.2) is 23.6 Å². The molecule has 3 rings (SSSR count). The van der Waals surface area contributed by atoms with Gasteiger partial charge in [0.05, 0.1) is 16.5 Å². The van der Waals surface area contributed by atoms with E-state index in [1.54, 1.807) is 30.3 Å². The van der Waals surface area contributed by atoms with Gasteiger partial charge < -0.3 is 0 Å². The Morgan fingerprint density at radius 3 is 2.46 bits per heavy atom. The van der Waals surface area contributed by atoms with Crippen LogP contribution in [-0.2, 0) is 22.6 Å². The molecule has 3 aromatic rings. The zero-order chi connectivity index (χ0) is 20.4. The van der Waals surface area contributed by atoms with Crippen molar-refractivity contribution in [3.63, 3.8) is 0 Å². The number of benzene rings is 2. The topological polar surface area (TPSA) is 87.7 Å². The van der Waals surface area contributed by atoms with Gasteiger partial charge in [0.1, 0.15) is 12.2 Å². The third kappa shape index (κ3) is 4.70. The fourth-order valence-electron chi connectivity index (χ4n) is 2.64. The minimum absolute atomic E-state index is 0.0676. The lowest BCUT2D eigenvalue weighted by atomic mass is 10.0. The Labute approximate surface area is 163 Å². The highest BCUT2D eigenvalue weighted by molar-refractivity contribution is 7.89. The molecule has 0 amide bonds. The number of H-pyrrole nitrogens is 1. The summed E-state index contributed by atoms with van der Waals surface area (Å²) in [5, 5.41) is 6.10. The van der Waals surface area contributed by atoms with E-state index >= 15 is 0 Å². The Kier molecular flexibility index (Phi) is 5.73. The van der Waals surface area contributed by atoms with Crippen LogP contribution in [0.15, 0.2) is 59.8 Å².